The van der Waals surface area contributed by atoms with Crippen LogP contribution in [0.3, 0.4) is 0 Å². The number of carbonyl (C=O) groups excluding carboxylic acids is 1. The molecule has 1 aliphatic heterocycles. The van der Waals surface area contributed by atoms with Crippen molar-refractivity contribution < 1.29 is 4.79 Å². The van der Waals surface area contributed by atoms with Crippen LogP contribution in [0.25, 0.3) is 0 Å². The van der Waals surface area contributed by atoms with Crippen molar-refractivity contribution in [2.24, 2.45) is 28.6 Å². The second-order valence-electron chi connectivity index (χ2n) is 11.3. The average Bonchev–Trinajstić information content (AvgIpc) is 3.12. The van der Waals surface area contributed by atoms with E-state index in [1.165, 1.54) is 44.1 Å². The molecule has 3 saturated carbocycles. The summed E-state index contributed by atoms with van der Waals surface area (Å²) in [7, 11) is 0. The smallest absolute Gasteiger partial charge is 0.226 e. The van der Waals surface area contributed by atoms with Gasteiger partial charge in [-0.3, -0.25) is 0 Å². The number of nitrogens with zero attached hydrogens (tertiary/aromatic N) is 1. The highest BCUT2D eigenvalue weighted by molar-refractivity contribution is 5.99. The highest BCUT2D eigenvalue weighted by Gasteiger charge is 2.64. The molecule has 2 nitrogen and oxygen atoms in total. The van der Waals surface area contributed by atoms with Gasteiger partial charge in [-0.05, 0) is 79.9 Å². The van der Waals surface area contributed by atoms with E-state index in [4.69, 9.17) is 0 Å². The first-order valence-corrected chi connectivity index (χ1v) is 12.1. The van der Waals surface area contributed by atoms with Crippen LogP contribution in [0.4, 0.5) is 5.69 Å². The molecule has 160 valence electrons. The zero-order valence-corrected chi connectivity index (χ0v) is 19.1. The van der Waals surface area contributed by atoms with Gasteiger partial charge in [0.25, 0.3) is 0 Å². The van der Waals surface area contributed by atoms with Crippen molar-refractivity contribution in [3.63, 3.8) is 0 Å². The summed E-state index contributed by atoms with van der Waals surface area (Å²) in [6.07, 6.45) is 15.6. The normalized spacial score (nSPS) is 44.8. The Morgan fingerprint density at radius 3 is 2.73 bits per heavy atom. The highest BCUT2D eigenvalue weighted by Crippen LogP contribution is 2.65. The van der Waals surface area contributed by atoms with Crippen molar-refractivity contribution in [2.75, 3.05) is 6.54 Å². The highest BCUT2D eigenvalue weighted by atomic mass is 16.2. The molecule has 7 atom stereocenters. The first-order chi connectivity index (χ1) is 14.3. The van der Waals surface area contributed by atoms with E-state index in [9.17, 15) is 4.79 Å². The molecule has 0 aromatic heterocycles. The largest absolute Gasteiger partial charge is 0.343 e. The molecule has 1 aromatic rings. The number of carbonyl (C=O) groups is 1. The molecular formula is C28H38NO+. The van der Waals surface area contributed by atoms with Gasteiger partial charge in [0.2, 0.25) is 0 Å². The molecule has 0 saturated heterocycles. The molecular weight excluding hydrogens is 366 g/mol. The molecule has 0 bridgehead atoms. The predicted molar refractivity (Wildman–Crippen MR) is 125 cm³/mol. The van der Waals surface area contributed by atoms with Crippen LogP contribution in [0, 0.1) is 35.5 Å². The van der Waals surface area contributed by atoms with E-state index in [-0.39, 0.29) is 11.3 Å². The molecule has 1 aromatic carbocycles. The third kappa shape index (κ3) is 2.62. The Hall–Kier alpha value is -1.67. The molecule has 2 heteroatoms. The maximum atomic E-state index is 13.6. The fraction of sp³-hybridized carbons (Fsp3) is 0.607. The summed E-state index contributed by atoms with van der Waals surface area (Å²) in [6.45, 7) is 12.0. The maximum Gasteiger partial charge on any atom is 0.343 e. The Morgan fingerprint density at radius 2 is 1.97 bits per heavy atom. The lowest BCUT2D eigenvalue weighted by atomic mass is 9.48. The van der Waals surface area contributed by atoms with Crippen molar-refractivity contribution in [1.82, 2.24) is 4.48 Å². The van der Waals surface area contributed by atoms with E-state index in [0.717, 1.165) is 23.9 Å². The van der Waals surface area contributed by atoms with Gasteiger partial charge in [-0.2, -0.15) is 0 Å². The third-order valence-corrected chi connectivity index (χ3v) is 9.90. The number of hydrogen-bond acceptors (Lipinski definition) is 1. The Kier molecular flexibility index (Phi) is 4.67. The first-order valence-electron chi connectivity index (χ1n) is 12.1. The standard InChI is InChI=1S/C28H38NO/c1-5-18-29(21-9-6-8-20(2)19-21)25-12-11-22-23-10-7-15-27(23,3)16-13-24(22)28(25,4)17-14-26(29)30/h5-6,8-9,14,17,19,22-25H,1,7,10-13,15-16,18H2,2-4H3/q+1/t22-,23-,24-,25+,27-,28+,29?/m0/s1. The molecule has 0 N–H and O–H groups in total. The Morgan fingerprint density at radius 1 is 1.13 bits per heavy atom. The second kappa shape index (κ2) is 6.92. The average molecular weight is 405 g/mol. The quantitative estimate of drug-likeness (QED) is 0.410. The fourth-order valence-electron chi connectivity index (χ4n) is 8.54. The van der Waals surface area contributed by atoms with Crippen LogP contribution in [-0.4, -0.2) is 18.5 Å². The monoisotopic (exact) mass is 404 g/mol. The third-order valence-electron chi connectivity index (χ3n) is 9.90. The minimum absolute atomic E-state index is 0.0769. The number of aryl methyl sites for hydroxylation is 1. The molecule has 0 radical (unpaired) electrons. The summed E-state index contributed by atoms with van der Waals surface area (Å²) in [5.41, 5.74) is 3.03. The lowest BCUT2D eigenvalue weighted by Gasteiger charge is -2.61. The Labute approximate surface area is 182 Å². The lowest BCUT2D eigenvalue weighted by molar-refractivity contribution is -0.138. The van der Waals surface area contributed by atoms with Gasteiger partial charge >= 0.3 is 5.91 Å². The summed E-state index contributed by atoms with van der Waals surface area (Å²) in [5, 5.41) is 0. The van der Waals surface area contributed by atoms with Gasteiger partial charge in [0.15, 0.2) is 0 Å². The van der Waals surface area contributed by atoms with Crippen molar-refractivity contribution in [3.8, 4) is 0 Å². The van der Waals surface area contributed by atoms with Gasteiger partial charge < -0.3 is 0 Å². The predicted octanol–water partition coefficient (Wildman–Crippen LogP) is 6.59. The van der Waals surface area contributed by atoms with E-state index in [1.807, 2.05) is 12.2 Å². The molecule has 5 rings (SSSR count). The Bertz CT molecular complexity index is 902. The lowest BCUT2D eigenvalue weighted by Crippen LogP contribution is -2.71. The SMILES string of the molecule is C=CC[N+]1(c2cccc(C)c2)C(=O)C=C[C@@]2(C)[C@H]1CC[C@H]1[C@@H]3CCC[C@@]3(C)CC[C@@H]12. The first kappa shape index (κ1) is 20.2. The van der Waals surface area contributed by atoms with E-state index < -0.39 is 0 Å². The van der Waals surface area contributed by atoms with Crippen LogP contribution in [0.5, 0.6) is 0 Å². The van der Waals surface area contributed by atoms with Crippen molar-refractivity contribution in [3.05, 3.63) is 54.6 Å². The number of hydrogen-bond donors (Lipinski definition) is 0. The number of rotatable bonds is 3. The molecule has 1 amide bonds. The summed E-state index contributed by atoms with van der Waals surface area (Å²) < 4.78 is 0.434. The minimum atomic E-state index is 0.0769. The van der Waals surface area contributed by atoms with Crippen LogP contribution in [0.15, 0.2) is 49.1 Å². The van der Waals surface area contributed by atoms with Crippen LogP contribution >= 0.6 is 0 Å². The maximum absolute atomic E-state index is 13.6. The summed E-state index contributed by atoms with van der Waals surface area (Å²) >= 11 is 0. The molecule has 3 fully saturated rings. The summed E-state index contributed by atoms with van der Waals surface area (Å²) in [5.74, 6) is 2.65. The number of amides is 1. The van der Waals surface area contributed by atoms with Gasteiger partial charge in [0.1, 0.15) is 18.3 Å². The van der Waals surface area contributed by atoms with Crippen LogP contribution < -0.4 is 4.48 Å². The van der Waals surface area contributed by atoms with E-state index >= 15 is 0 Å². The van der Waals surface area contributed by atoms with Crippen LogP contribution in [-0.2, 0) is 4.79 Å². The molecule has 1 unspecified atom stereocenters. The molecule has 1 heterocycles. The zero-order valence-electron chi connectivity index (χ0n) is 19.1. The number of quaternary nitrogens is 1. The Balaban J connectivity index is 1.62. The van der Waals surface area contributed by atoms with Gasteiger partial charge in [-0.25, -0.2) is 9.28 Å². The molecule has 3 aliphatic carbocycles. The zero-order chi connectivity index (χ0) is 21.1. The van der Waals surface area contributed by atoms with Gasteiger partial charge in [0, 0.05) is 24.0 Å². The number of benzene rings is 1. The van der Waals surface area contributed by atoms with Crippen LogP contribution in [0.2, 0.25) is 0 Å². The van der Waals surface area contributed by atoms with E-state index in [2.05, 4.69) is 57.7 Å². The topological polar surface area (TPSA) is 17.1 Å². The van der Waals surface area contributed by atoms with Gasteiger partial charge in [0.05, 0.1) is 0 Å². The molecule has 0 spiro atoms. The van der Waals surface area contributed by atoms with Crippen LogP contribution in [0.1, 0.15) is 64.4 Å². The van der Waals surface area contributed by atoms with Gasteiger partial charge in [-0.1, -0.05) is 45.1 Å². The number of fused-ring (bicyclic) bond motifs is 5. The molecule has 4 aliphatic rings. The van der Waals surface area contributed by atoms with Crippen molar-refractivity contribution in [1.29, 1.82) is 0 Å². The second-order valence-corrected chi connectivity index (χ2v) is 11.3. The van der Waals surface area contributed by atoms with Crippen molar-refractivity contribution >= 4 is 11.6 Å². The van der Waals surface area contributed by atoms with E-state index in [0.29, 0.717) is 28.4 Å². The van der Waals surface area contributed by atoms with Gasteiger partial charge in [-0.15, -0.1) is 0 Å². The van der Waals surface area contributed by atoms with E-state index in [1.54, 1.807) is 0 Å². The summed E-state index contributed by atoms with van der Waals surface area (Å²) in [6, 6.07) is 8.97. The summed E-state index contributed by atoms with van der Waals surface area (Å²) in [4.78, 5) is 13.6. The molecule has 30 heavy (non-hydrogen) atoms. The fourth-order valence-corrected chi connectivity index (χ4v) is 8.54. The van der Waals surface area contributed by atoms with Crippen molar-refractivity contribution in [2.45, 2.75) is 71.8 Å². The minimum Gasteiger partial charge on any atom is -0.226 e.